The van der Waals surface area contributed by atoms with Gasteiger partial charge in [-0.1, -0.05) is 0 Å². The lowest BCUT2D eigenvalue weighted by Crippen LogP contribution is -2.07. The number of benzene rings is 1. The minimum atomic E-state index is -4.62. The highest BCUT2D eigenvalue weighted by Crippen LogP contribution is 2.40. The standard InChI is InChI=1S/C9H6ClF3O3S/c10-17(14,15)7-4-6(9(11,12)13)3-5-1-2-16-8(5)7/h3-4H,1-2H2. The van der Waals surface area contributed by atoms with Gasteiger partial charge in [-0.05, 0) is 17.7 Å². The first-order chi connectivity index (χ1) is 7.69. The van der Waals surface area contributed by atoms with E-state index in [1.54, 1.807) is 0 Å². The summed E-state index contributed by atoms with van der Waals surface area (Å²) in [6.07, 6.45) is -4.38. The Morgan fingerprint density at radius 2 is 1.94 bits per heavy atom. The first-order valence-electron chi connectivity index (χ1n) is 4.51. The van der Waals surface area contributed by atoms with Crippen molar-refractivity contribution < 1.29 is 26.3 Å². The van der Waals surface area contributed by atoms with Gasteiger partial charge in [-0.2, -0.15) is 13.2 Å². The van der Waals surface area contributed by atoms with Crippen LogP contribution in [0.15, 0.2) is 17.0 Å². The van der Waals surface area contributed by atoms with E-state index in [0.29, 0.717) is 6.07 Å². The van der Waals surface area contributed by atoms with Crippen LogP contribution in [-0.2, 0) is 21.6 Å². The Balaban J connectivity index is 2.71. The molecule has 0 bridgehead atoms. The third-order valence-corrected chi connectivity index (χ3v) is 3.67. The minimum Gasteiger partial charge on any atom is -0.492 e. The Hall–Kier alpha value is -0.950. The Kier molecular flexibility index (Phi) is 2.78. The first-order valence-corrected chi connectivity index (χ1v) is 6.82. The van der Waals surface area contributed by atoms with Gasteiger partial charge in [0, 0.05) is 17.1 Å². The smallest absolute Gasteiger partial charge is 0.416 e. The number of fused-ring (bicyclic) bond motifs is 1. The third kappa shape index (κ3) is 2.35. The molecule has 1 aliphatic rings. The van der Waals surface area contributed by atoms with Gasteiger partial charge in [-0.15, -0.1) is 0 Å². The molecule has 94 valence electrons. The van der Waals surface area contributed by atoms with Gasteiger partial charge in [0.15, 0.2) is 0 Å². The van der Waals surface area contributed by atoms with Crippen LogP contribution in [0.5, 0.6) is 5.75 Å². The number of halogens is 4. The molecule has 1 aliphatic heterocycles. The van der Waals surface area contributed by atoms with Crippen molar-refractivity contribution in [3.63, 3.8) is 0 Å². The van der Waals surface area contributed by atoms with E-state index in [1.165, 1.54) is 0 Å². The summed E-state index contributed by atoms with van der Waals surface area (Å²) >= 11 is 0. The van der Waals surface area contributed by atoms with Crippen molar-refractivity contribution in [3.8, 4) is 5.75 Å². The van der Waals surface area contributed by atoms with E-state index in [4.69, 9.17) is 15.4 Å². The maximum Gasteiger partial charge on any atom is 0.416 e. The molecule has 2 rings (SSSR count). The Morgan fingerprint density at radius 1 is 1.29 bits per heavy atom. The van der Waals surface area contributed by atoms with E-state index in [2.05, 4.69) is 0 Å². The molecule has 0 atom stereocenters. The van der Waals surface area contributed by atoms with Crippen LogP contribution in [0, 0.1) is 0 Å². The molecule has 0 saturated heterocycles. The molecule has 1 aromatic carbocycles. The molecule has 3 nitrogen and oxygen atoms in total. The van der Waals surface area contributed by atoms with Crippen LogP contribution >= 0.6 is 10.7 Å². The van der Waals surface area contributed by atoms with Gasteiger partial charge in [-0.25, -0.2) is 8.42 Å². The van der Waals surface area contributed by atoms with Gasteiger partial charge in [0.2, 0.25) is 0 Å². The lowest BCUT2D eigenvalue weighted by Gasteiger charge is -2.11. The van der Waals surface area contributed by atoms with Crippen LogP contribution in [0.25, 0.3) is 0 Å². The monoisotopic (exact) mass is 286 g/mol. The van der Waals surface area contributed by atoms with Crippen molar-refractivity contribution in [2.24, 2.45) is 0 Å². The minimum absolute atomic E-state index is 0.0759. The van der Waals surface area contributed by atoms with E-state index in [-0.39, 0.29) is 24.3 Å². The largest absolute Gasteiger partial charge is 0.492 e. The molecule has 0 unspecified atom stereocenters. The average molecular weight is 287 g/mol. The highest BCUT2D eigenvalue weighted by Gasteiger charge is 2.35. The van der Waals surface area contributed by atoms with Crippen molar-refractivity contribution in [2.45, 2.75) is 17.5 Å². The predicted molar refractivity (Wildman–Crippen MR) is 53.7 cm³/mol. The second-order valence-corrected chi connectivity index (χ2v) is 6.03. The van der Waals surface area contributed by atoms with E-state index < -0.39 is 25.7 Å². The van der Waals surface area contributed by atoms with Gasteiger partial charge in [-0.3, -0.25) is 0 Å². The lowest BCUT2D eigenvalue weighted by atomic mass is 10.1. The molecule has 0 spiro atoms. The van der Waals surface area contributed by atoms with E-state index in [0.717, 1.165) is 6.07 Å². The highest BCUT2D eigenvalue weighted by molar-refractivity contribution is 8.13. The van der Waals surface area contributed by atoms with E-state index in [1.807, 2.05) is 0 Å². The fourth-order valence-corrected chi connectivity index (χ4v) is 2.64. The number of alkyl halides is 3. The van der Waals surface area contributed by atoms with Crippen molar-refractivity contribution >= 4 is 19.7 Å². The molecule has 0 aromatic heterocycles. The second kappa shape index (κ2) is 3.78. The average Bonchev–Trinajstić information content (AvgIpc) is 2.59. The van der Waals surface area contributed by atoms with Crippen molar-refractivity contribution in [3.05, 3.63) is 23.3 Å². The number of hydrogen-bond acceptors (Lipinski definition) is 3. The van der Waals surface area contributed by atoms with E-state index in [9.17, 15) is 21.6 Å². The van der Waals surface area contributed by atoms with E-state index >= 15 is 0 Å². The molecule has 0 amide bonds. The van der Waals surface area contributed by atoms with Crippen LogP contribution < -0.4 is 4.74 Å². The van der Waals surface area contributed by atoms with Gasteiger partial charge in [0.05, 0.1) is 12.2 Å². The van der Waals surface area contributed by atoms with Crippen molar-refractivity contribution in [1.82, 2.24) is 0 Å². The topological polar surface area (TPSA) is 43.4 Å². The van der Waals surface area contributed by atoms with Gasteiger partial charge in [0.25, 0.3) is 9.05 Å². The Morgan fingerprint density at radius 3 is 2.47 bits per heavy atom. The number of rotatable bonds is 1. The fourth-order valence-electron chi connectivity index (χ4n) is 1.62. The SMILES string of the molecule is O=S(=O)(Cl)c1cc(C(F)(F)F)cc2c1OCC2. The summed E-state index contributed by atoms with van der Waals surface area (Å²) in [4.78, 5) is -0.624. The zero-order valence-electron chi connectivity index (χ0n) is 8.21. The molecule has 0 radical (unpaired) electrons. The summed E-state index contributed by atoms with van der Waals surface area (Å²) in [5.74, 6) is -0.0759. The quantitative estimate of drug-likeness (QED) is 0.745. The molecule has 0 aliphatic carbocycles. The molecular formula is C9H6ClF3O3S. The van der Waals surface area contributed by atoms with Crippen LogP contribution in [0.3, 0.4) is 0 Å². The maximum atomic E-state index is 12.5. The molecular weight excluding hydrogens is 281 g/mol. The summed E-state index contributed by atoms with van der Waals surface area (Å²) < 4.78 is 65.0. The first kappa shape index (κ1) is 12.5. The molecule has 0 saturated carbocycles. The summed E-state index contributed by atoms with van der Waals surface area (Å²) in [5.41, 5.74) is -0.833. The number of hydrogen-bond donors (Lipinski definition) is 0. The Bertz CT molecular complexity index is 566. The van der Waals surface area contributed by atoms with Gasteiger partial charge >= 0.3 is 6.18 Å². The summed E-state index contributed by atoms with van der Waals surface area (Å²) in [7, 11) is 0.826. The normalized spacial score (nSPS) is 15.5. The van der Waals surface area contributed by atoms with Crippen LogP contribution in [0.2, 0.25) is 0 Å². The fraction of sp³-hybridized carbons (Fsp3) is 0.333. The number of ether oxygens (including phenoxy) is 1. The zero-order valence-corrected chi connectivity index (χ0v) is 9.79. The second-order valence-electron chi connectivity index (χ2n) is 3.50. The molecule has 0 fully saturated rings. The van der Waals surface area contributed by atoms with Gasteiger partial charge < -0.3 is 4.74 Å². The highest BCUT2D eigenvalue weighted by atomic mass is 35.7. The lowest BCUT2D eigenvalue weighted by molar-refractivity contribution is -0.137. The van der Waals surface area contributed by atoms with Crippen LogP contribution in [0.4, 0.5) is 13.2 Å². The third-order valence-electron chi connectivity index (χ3n) is 2.34. The predicted octanol–water partition coefficient (Wildman–Crippen LogP) is 2.57. The summed E-state index contributed by atoms with van der Waals surface area (Å²) in [6.45, 7) is 0.149. The Labute approximate surface area is 99.6 Å². The molecule has 8 heteroatoms. The molecule has 1 heterocycles. The molecule has 0 N–H and O–H groups in total. The summed E-state index contributed by atoms with van der Waals surface area (Å²) in [5, 5.41) is 0. The van der Waals surface area contributed by atoms with Gasteiger partial charge in [0.1, 0.15) is 10.6 Å². The molecule has 1 aromatic rings. The van der Waals surface area contributed by atoms with Crippen molar-refractivity contribution in [2.75, 3.05) is 6.61 Å². The van der Waals surface area contributed by atoms with Crippen LogP contribution in [0.1, 0.15) is 11.1 Å². The van der Waals surface area contributed by atoms with Crippen LogP contribution in [-0.4, -0.2) is 15.0 Å². The maximum absolute atomic E-state index is 12.5. The molecule has 17 heavy (non-hydrogen) atoms. The van der Waals surface area contributed by atoms with Crippen molar-refractivity contribution in [1.29, 1.82) is 0 Å². The summed E-state index contributed by atoms with van der Waals surface area (Å²) in [6, 6.07) is 1.38. The zero-order chi connectivity index (χ0) is 12.8.